The fourth-order valence-electron chi connectivity index (χ4n) is 3.83. The van der Waals surface area contributed by atoms with Crippen LogP contribution in [0.25, 0.3) is 0 Å². The van der Waals surface area contributed by atoms with Gasteiger partial charge in [0.25, 0.3) is 15.9 Å². The Morgan fingerprint density at radius 2 is 1.93 bits per heavy atom. The summed E-state index contributed by atoms with van der Waals surface area (Å²) < 4.78 is 26.8. The van der Waals surface area contributed by atoms with Crippen molar-refractivity contribution in [2.75, 3.05) is 37.5 Å². The Morgan fingerprint density at radius 3 is 2.67 bits per heavy atom. The molecule has 1 fully saturated rings. The molecule has 0 bridgehead atoms. The van der Waals surface area contributed by atoms with Gasteiger partial charge in [-0.2, -0.15) is 0 Å². The van der Waals surface area contributed by atoms with Crippen LogP contribution >= 0.6 is 0 Å². The minimum Gasteiger partial charge on any atom is -0.352 e. The van der Waals surface area contributed by atoms with Gasteiger partial charge in [0, 0.05) is 25.7 Å². The molecule has 0 radical (unpaired) electrons. The minimum absolute atomic E-state index is 0.186. The number of carbonyl (C=O) groups excluding carboxylic acids is 1. The highest BCUT2D eigenvalue weighted by molar-refractivity contribution is 7.92. The Bertz CT molecular complexity index is 947. The van der Waals surface area contributed by atoms with Crippen LogP contribution in [0.2, 0.25) is 0 Å². The Kier molecular flexibility index (Phi) is 7.50. The van der Waals surface area contributed by atoms with Gasteiger partial charge in [0.15, 0.2) is 0 Å². The third-order valence-corrected chi connectivity index (χ3v) is 7.35. The van der Waals surface area contributed by atoms with Gasteiger partial charge in [0.2, 0.25) is 0 Å². The number of hydrogen-bond acceptors (Lipinski definition) is 4. The summed E-state index contributed by atoms with van der Waals surface area (Å²) in [4.78, 5) is 15.2. The van der Waals surface area contributed by atoms with Gasteiger partial charge in [-0.15, -0.1) is 0 Å². The second-order valence-corrected chi connectivity index (χ2v) is 9.96. The molecule has 1 N–H and O–H groups in total. The van der Waals surface area contributed by atoms with Crippen molar-refractivity contribution in [3.63, 3.8) is 0 Å². The van der Waals surface area contributed by atoms with E-state index in [4.69, 9.17) is 0 Å². The van der Waals surface area contributed by atoms with Crippen molar-refractivity contribution in [2.45, 2.75) is 31.1 Å². The quantitative estimate of drug-likeness (QED) is 0.653. The maximum Gasteiger partial charge on any atom is 0.264 e. The lowest BCUT2D eigenvalue weighted by molar-refractivity contribution is 0.0950. The molecule has 0 saturated carbocycles. The van der Waals surface area contributed by atoms with Gasteiger partial charge >= 0.3 is 0 Å². The average Bonchev–Trinajstić information content (AvgIpc) is 2.77. The fraction of sp³-hybridized carbons (Fsp3) is 0.435. The van der Waals surface area contributed by atoms with Crippen LogP contribution in [0.4, 0.5) is 5.69 Å². The minimum atomic E-state index is -3.68. The molecule has 0 aromatic heterocycles. The molecule has 1 unspecified atom stereocenters. The van der Waals surface area contributed by atoms with Crippen molar-refractivity contribution in [3.8, 4) is 0 Å². The molecular weight excluding hydrogens is 398 g/mol. The standard InChI is InChI=1S/C23H31N3O3S/c1-19-9-7-15-26(18-19)16-8-14-24-23(27)20-10-6-11-21(17-20)25(2)30(28,29)22-12-4-3-5-13-22/h3-6,10-13,17,19H,7-9,14-16,18H2,1-2H3,(H,24,27). The molecule has 6 nitrogen and oxygen atoms in total. The van der Waals surface area contributed by atoms with Crippen LogP contribution in [0.15, 0.2) is 59.5 Å². The zero-order valence-corrected chi connectivity index (χ0v) is 18.6. The van der Waals surface area contributed by atoms with E-state index in [2.05, 4.69) is 17.1 Å². The summed E-state index contributed by atoms with van der Waals surface area (Å²) >= 11 is 0. The molecule has 1 amide bonds. The molecule has 0 aliphatic carbocycles. The summed E-state index contributed by atoms with van der Waals surface area (Å²) in [5, 5.41) is 2.95. The molecule has 30 heavy (non-hydrogen) atoms. The number of sulfonamides is 1. The number of rotatable bonds is 8. The monoisotopic (exact) mass is 429 g/mol. The van der Waals surface area contributed by atoms with Gasteiger partial charge in [0.1, 0.15) is 0 Å². The highest BCUT2D eigenvalue weighted by Crippen LogP contribution is 2.23. The number of hydrogen-bond donors (Lipinski definition) is 1. The maximum atomic E-state index is 12.8. The molecule has 1 aliphatic rings. The van der Waals surface area contributed by atoms with Crippen molar-refractivity contribution < 1.29 is 13.2 Å². The fourth-order valence-corrected chi connectivity index (χ4v) is 5.04. The predicted molar refractivity (Wildman–Crippen MR) is 120 cm³/mol. The van der Waals surface area contributed by atoms with Crippen LogP contribution in [0.1, 0.15) is 36.5 Å². The van der Waals surface area contributed by atoms with Gasteiger partial charge < -0.3 is 10.2 Å². The van der Waals surface area contributed by atoms with Crippen molar-refractivity contribution in [1.29, 1.82) is 0 Å². The molecule has 162 valence electrons. The topological polar surface area (TPSA) is 69.7 Å². The normalized spacial score (nSPS) is 17.5. The SMILES string of the molecule is CC1CCCN(CCCNC(=O)c2cccc(N(C)S(=O)(=O)c3ccccc3)c2)C1. The number of likely N-dealkylation sites (tertiary alicyclic amines) is 1. The first-order valence-electron chi connectivity index (χ1n) is 10.5. The third kappa shape index (κ3) is 5.61. The molecule has 7 heteroatoms. The van der Waals surface area contributed by atoms with E-state index in [9.17, 15) is 13.2 Å². The summed E-state index contributed by atoms with van der Waals surface area (Å²) in [7, 11) is -2.18. The lowest BCUT2D eigenvalue weighted by Crippen LogP contribution is -2.36. The first-order chi connectivity index (χ1) is 14.4. The molecule has 1 atom stereocenters. The van der Waals surface area contributed by atoms with Gasteiger partial charge in [-0.1, -0.05) is 31.2 Å². The number of piperidine rings is 1. The maximum absolute atomic E-state index is 12.8. The van der Waals surface area contributed by atoms with Crippen molar-refractivity contribution in [3.05, 3.63) is 60.2 Å². The van der Waals surface area contributed by atoms with E-state index in [1.54, 1.807) is 54.6 Å². The van der Waals surface area contributed by atoms with Gasteiger partial charge in [0.05, 0.1) is 10.6 Å². The smallest absolute Gasteiger partial charge is 0.264 e. The number of benzene rings is 2. The largest absolute Gasteiger partial charge is 0.352 e. The van der Waals surface area contributed by atoms with Crippen LogP contribution < -0.4 is 9.62 Å². The van der Waals surface area contributed by atoms with Gasteiger partial charge in [-0.3, -0.25) is 9.10 Å². The van der Waals surface area contributed by atoms with Crippen molar-refractivity contribution in [2.24, 2.45) is 5.92 Å². The van der Waals surface area contributed by atoms with Crippen molar-refractivity contribution >= 4 is 21.6 Å². The van der Waals surface area contributed by atoms with Crippen LogP contribution in [0.3, 0.4) is 0 Å². The Hall–Kier alpha value is -2.38. The predicted octanol–water partition coefficient (Wildman–Crippen LogP) is 3.36. The summed E-state index contributed by atoms with van der Waals surface area (Å²) in [6, 6.07) is 15.0. The first-order valence-corrected chi connectivity index (χ1v) is 12.0. The second kappa shape index (κ2) is 10.1. The van der Waals surface area contributed by atoms with Crippen LogP contribution in [-0.2, 0) is 10.0 Å². The highest BCUT2D eigenvalue weighted by atomic mass is 32.2. The lowest BCUT2D eigenvalue weighted by atomic mass is 10.0. The summed E-state index contributed by atoms with van der Waals surface area (Å²) in [6.45, 7) is 6.16. The second-order valence-electron chi connectivity index (χ2n) is 7.99. The van der Waals surface area contributed by atoms with Crippen LogP contribution in [0, 0.1) is 5.92 Å². The molecule has 2 aromatic rings. The lowest BCUT2D eigenvalue weighted by Gasteiger charge is -2.30. The van der Waals surface area contributed by atoms with E-state index >= 15 is 0 Å². The van der Waals surface area contributed by atoms with Gasteiger partial charge in [-0.05, 0) is 68.6 Å². The first kappa shape index (κ1) is 22.3. The zero-order chi connectivity index (χ0) is 21.6. The number of anilines is 1. The van der Waals surface area contributed by atoms with E-state index in [1.165, 1.54) is 24.2 Å². The van der Waals surface area contributed by atoms with E-state index in [-0.39, 0.29) is 10.8 Å². The number of amides is 1. The average molecular weight is 430 g/mol. The molecule has 1 aliphatic heterocycles. The van der Waals surface area contributed by atoms with Crippen LogP contribution in [0.5, 0.6) is 0 Å². The van der Waals surface area contributed by atoms with E-state index in [0.717, 1.165) is 32.0 Å². The number of carbonyl (C=O) groups is 1. The summed E-state index contributed by atoms with van der Waals surface area (Å²) in [5.74, 6) is 0.564. The Labute approximate surface area is 179 Å². The number of nitrogens with zero attached hydrogens (tertiary/aromatic N) is 2. The summed E-state index contributed by atoms with van der Waals surface area (Å²) in [5.41, 5.74) is 0.906. The van der Waals surface area contributed by atoms with Crippen molar-refractivity contribution in [1.82, 2.24) is 10.2 Å². The molecule has 2 aromatic carbocycles. The Morgan fingerprint density at radius 1 is 1.17 bits per heavy atom. The highest BCUT2D eigenvalue weighted by Gasteiger charge is 2.21. The van der Waals surface area contributed by atoms with Crippen LogP contribution in [-0.4, -0.2) is 52.5 Å². The molecule has 1 heterocycles. The molecule has 3 rings (SSSR count). The Balaban J connectivity index is 1.57. The molecule has 0 spiro atoms. The van der Waals surface area contributed by atoms with Gasteiger partial charge in [-0.25, -0.2) is 8.42 Å². The van der Waals surface area contributed by atoms with E-state index < -0.39 is 10.0 Å². The summed E-state index contributed by atoms with van der Waals surface area (Å²) in [6.07, 6.45) is 3.46. The number of nitrogens with one attached hydrogen (secondary N) is 1. The molecular formula is C23H31N3O3S. The zero-order valence-electron chi connectivity index (χ0n) is 17.8. The van der Waals surface area contributed by atoms with E-state index in [0.29, 0.717) is 17.8 Å². The van der Waals surface area contributed by atoms with E-state index in [1.807, 2.05) is 0 Å². The molecule has 1 saturated heterocycles. The third-order valence-electron chi connectivity index (χ3n) is 5.55.